The zero-order valence-corrected chi connectivity index (χ0v) is 12.9. The number of nitrogens with one attached hydrogen (secondary N) is 2. The highest BCUT2D eigenvalue weighted by Gasteiger charge is 2.19. The van der Waals surface area contributed by atoms with Crippen LogP contribution in [0.1, 0.15) is 38.8 Å². The van der Waals surface area contributed by atoms with Crippen molar-refractivity contribution in [1.82, 2.24) is 10.6 Å². The normalized spacial score (nSPS) is 13.6. The average molecular weight is 278 g/mol. The molecule has 0 saturated carbocycles. The minimum absolute atomic E-state index is 0.00967. The molecule has 0 saturated heterocycles. The summed E-state index contributed by atoms with van der Waals surface area (Å²) in [5, 5.41) is 6.13. The van der Waals surface area contributed by atoms with Crippen LogP contribution in [0.15, 0.2) is 24.3 Å². The van der Waals surface area contributed by atoms with Gasteiger partial charge in [-0.15, -0.1) is 0 Å². The van der Waals surface area contributed by atoms with Gasteiger partial charge in [-0.1, -0.05) is 32.0 Å². The Labute approximate surface area is 121 Å². The first kappa shape index (κ1) is 16.5. The van der Waals surface area contributed by atoms with E-state index in [0.29, 0.717) is 13.2 Å². The Morgan fingerprint density at radius 1 is 1.30 bits per heavy atom. The van der Waals surface area contributed by atoms with Crippen molar-refractivity contribution in [1.29, 1.82) is 0 Å². The second kappa shape index (κ2) is 8.59. The van der Waals surface area contributed by atoms with Crippen LogP contribution in [0.5, 0.6) is 5.75 Å². The summed E-state index contributed by atoms with van der Waals surface area (Å²) < 4.78 is 5.65. The molecular weight excluding hydrogens is 252 g/mol. The highest BCUT2D eigenvalue weighted by molar-refractivity contribution is 5.79. The van der Waals surface area contributed by atoms with Crippen LogP contribution in [0.2, 0.25) is 0 Å². The van der Waals surface area contributed by atoms with Crippen LogP contribution >= 0.6 is 0 Å². The van der Waals surface area contributed by atoms with Crippen molar-refractivity contribution in [2.24, 2.45) is 5.92 Å². The summed E-state index contributed by atoms with van der Waals surface area (Å²) in [5.41, 5.74) is 1.04. The van der Waals surface area contributed by atoms with Crippen LogP contribution in [-0.2, 0) is 4.79 Å². The van der Waals surface area contributed by atoms with Crippen molar-refractivity contribution >= 4 is 5.91 Å². The Bertz CT molecular complexity index is 421. The minimum atomic E-state index is -0.0479. The van der Waals surface area contributed by atoms with Crippen molar-refractivity contribution in [2.45, 2.75) is 33.2 Å². The van der Waals surface area contributed by atoms with Crippen molar-refractivity contribution in [3.8, 4) is 5.75 Å². The summed E-state index contributed by atoms with van der Waals surface area (Å²) >= 11 is 0. The van der Waals surface area contributed by atoms with Gasteiger partial charge >= 0.3 is 0 Å². The van der Waals surface area contributed by atoms with E-state index in [2.05, 4.69) is 17.6 Å². The van der Waals surface area contributed by atoms with Gasteiger partial charge in [0.05, 0.1) is 12.6 Å². The molecule has 0 fully saturated rings. The topological polar surface area (TPSA) is 50.4 Å². The number of carbonyl (C=O) groups excluding carboxylic acids is 1. The van der Waals surface area contributed by atoms with Gasteiger partial charge in [0.15, 0.2) is 0 Å². The SMILES string of the molecule is CCOc1ccccc1C(CC)NC(=O)C(C)CNC. The van der Waals surface area contributed by atoms with Crippen LogP contribution in [0.3, 0.4) is 0 Å². The number of hydrogen-bond acceptors (Lipinski definition) is 3. The van der Waals surface area contributed by atoms with Gasteiger partial charge < -0.3 is 15.4 Å². The molecule has 0 aliphatic carbocycles. The number of hydrogen-bond donors (Lipinski definition) is 2. The Hall–Kier alpha value is -1.55. The first-order valence-corrected chi connectivity index (χ1v) is 7.30. The molecule has 4 nitrogen and oxygen atoms in total. The lowest BCUT2D eigenvalue weighted by molar-refractivity contribution is -0.125. The summed E-state index contributed by atoms with van der Waals surface area (Å²) in [5.74, 6) is 0.870. The van der Waals surface area contributed by atoms with Gasteiger partial charge in [-0.25, -0.2) is 0 Å². The number of ether oxygens (including phenoxy) is 1. The molecule has 2 unspecified atom stereocenters. The van der Waals surface area contributed by atoms with Crippen LogP contribution in [0, 0.1) is 5.92 Å². The van der Waals surface area contributed by atoms with Gasteiger partial charge in [-0.05, 0) is 26.5 Å². The third-order valence-corrected chi connectivity index (χ3v) is 3.28. The molecule has 0 aliphatic rings. The summed E-state index contributed by atoms with van der Waals surface area (Å²) in [6.45, 7) is 7.25. The first-order chi connectivity index (χ1) is 9.63. The van der Waals surface area contributed by atoms with E-state index in [0.717, 1.165) is 17.7 Å². The van der Waals surface area contributed by atoms with Crippen LogP contribution in [0.4, 0.5) is 0 Å². The zero-order valence-electron chi connectivity index (χ0n) is 12.9. The van der Waals surface area contributed by atoms with Gasteiger partial charge in [0, 0.05) is 18.0 Å². The van der Waals surface area contributed by atoms with E-state index in [1.165, 1.54) is 0 Å². The second-order valence-electron chi connectivity index (χ2n) is 4.90. The minimum Gasteiger partial charge on any atom is -0.494 e. The highest BCUT2D eigenvalue weighted by Crippen LogP contribution is 2.27. The molecule has 0 radical (unpaired) electrons. The first-order valence-electron chi connectivity index (χ1n) is 7.30. The maximum atomic E-state index is 12.2. The summed E-state index contributed by atoms with van der Waals surface area (Å²) in [6, 6.07) is 7.88. The monoisotopic (exact) mass is 278 g/mol. The standard InChI is InChI=1S/C16H26N2O2/c1-5-14(18-16(19)12(3)11-17-4)13-9-7-8-10-15(13)20-6-2/h7-10,12,14,17H,5-6,11H2,1-4H3,(H,18,19). The molecule has 1 amide bonds. The molecule has 0 aromatic heterocycles. The average Bonchev–Trinajstić information content (AvgIpc) is 2.46. The number of para-hydroxylation sites is 1. The third-order valence-electron chi connectivity index (χ3n) is 3.28. The molecular formula is C16H26N2O2. The second-order valence-corrected chi connectivity index (χ2v) is 4.90. The fourth-order valence-electron chi connectivity index (χ4n) is 2.17. The predicted octanol–water partition coefficient (Wildman–Crippen LogP) is 2.51. The molecule has 2 atom stereocenters. The van der Waals surface area contributed by atoms with Crippen molar-refractivity contribution in [2.75, 3.05) is 20.2 Å². The Kier molecular flexibility index (Phi) is 7.09. The lowest BCUT2D eigenvalue weighted by Gasteiger charge is -2.22. The molecule has 1 rings (SSSR count). The Morgan fingerprint density at radius 3 is 2.60 bits per heavy atom. The van der Waals surface area contributed by atoms with E-state index >= 15 is 0 Å². The highest BCUT2D eigenvalue weighted by atomic mass is 16.5. The van der Waals surface area contributed by atoms with E-state index < -0.39 is 0 Å². The van der Waals surface area contributed by atoms with Crippen molar-refractivity contribution in [3.05, 3.63) is 29.8 Å². The maximum Gasteiger partial charge on any atom is 0.224 e. The Balaban J connectivity index is 2.83. The number of rotatable bonds is 8. The quantitative estimate of drug-likeness (QED) is 0.768. The van der Waals surface area contributed by atoms with E-state index in [4.69, 9.17) is 4.74 Å². The molecule has 0 aliphatic heterocycles. The smallest absolute Gasteiger partial charge is 0.224 e. The lowest BCUT2D eigenvalue weighted by atomic mass is 10.0. The number of benzene rings is 1. The van der Waals surface area contributed by atoms with Gasteiger partial charge in [0.2, 0.25) is 5.91 Å². The fourth-order valence-corrected chi connectivity index (χ4v) is 2.17. The largest absolute Gasteiger partial charge is 0.494 e. The predicted molar refractivity (Wildman–Crippen MR) is 81.9 cm³/mol. The summed E-state index contributed by atoms with van der Waals surface area (Å²) in [6.07, 6.45) is 0.835. The van der Waals surface area contributed by atoms with Crippen LogP contribution in [0.25, 0.3) is 0 Å². The number of carbonyl (C=O) groups is 1. The number of amides is 1. The van der Waals surface area contributed by atoms with Gasteiger partial charge in [-0.3, -0.25) is 4.79 Å². The van der Waals surface area contributed by atoms with Gasteiger partial charge in [0.1, 0.15) is 5.75 Å². The summed E-state index contributed by atoms with van der Waals surface area (Å²) in [7, 11) is 1.85. The molecule has 4 heteroatoms. The molecule has 2 N–H and O–H groups in total. The van der Waals surface area contributed by atoms with Crippen LogP contribution in [-0.4, -0.2) is 26.1 Å². The molecule has 0 bridgehead atoms. The molecule has 112 valence electrons. The Morgan fingerprint density at radius 2 is 2.00 bits per heavy atom. The molecule has 1 aromatic rings. The molecule has 0 heterocycles. The molecule has 0 spiro atoms. The van der Waals surface area contributed by atoms with E-state index in [9.17, 15) is 4.79 Å². The molecule has 20 heavy (non-hydrogen) atoms. The fraction of sp³-hybridized carbons (Fsp3) is 0.562. The van der Waals surface area contributed by atoms with E-state index in [1.807, 2.05) is 45.2 Å². The van der Waals surface area contributed by atoms with E-state index in [1.54, 1.807) is 0 Å². The van der Waals surface area contributed by atoms with Crippen molar-refractivity contribution < 1.29 is 9.53 Å². The zero-order chi connectivity index (χ0) is 15.0. The van der Waals surface area contributed by atoms with Gasteiger partial charge in [-0.2, -0.15) is 0 Å². The van der Waals surface area contributed by atoms with Crippen molar-refractivity contribution in [3.63, 3.8) is 0 Å². The maximum absolute atomic E-state index is 12.2. The third kappa shape index (κ3) is 4.53. The summed E-state index contributed by atoms with van der Waals surface area (Å²) in [4.78, 5) is 12.2. The lowest BCUT2D eigenvalue weighted by Crippen LogP contribution is -2.36. The van der Waals surface area contributed by atoms with Gasteiger partial charge in [0.25, 0.3) is 0 Å². The van der Waals surface area contributed by atoms with E-state index in [-0.39, 0.29) is 17.9 Å². The van der Waals surface area contributed by atoms with Crippen LogP contribution < -0.4 is 15.4 Å². The molecule has 1 aromatic carbocycles.